The van der Waals surface area contributed by atoms with E-state index in [0.717, 1.165) is 32.8 Å². The van der Waals surface area contributed by atoms with Gasteiger partial charge in [-0.1, -0.05) is 48.6 Å². The number of nitrogens with zero attached hydrogens (tertiary/aromatic N) is 1. The number of fused-ring (bicyclic) bond motifs is 10. The SMILES string of the molecule is C1=CCCC1.CCOC(=O)N1C(=O)c2c(c3c4ccccc4[nH]c3c3[nH]c4ccccc4c23)C1=O. The minimum absolute atomic E-state index is 0.0667. The summed E-state index contributed by atoms with van der Waals surface area (Å²) >= 11 is 0. The summed E-state index contributed by atoms with van der Waals surface area (Å²) in [6.07, 6.45) is 7.55. The van der Waals surface area contributed by atoms with Gasteiger partial charge in [-0.25, -0.2) is 4.79 Å². The zero-order valence-corrected chi connectivity index (χ0v) is 19.2. The molecule has 0 atom stereocenters. The largest absolute Gasteiger partial charge is 0.449 e. The van der Waals surface area contributed by atoms with Crippen LogP contribution in [-0.2, 0) is 4.74 Å². The van der Waals surface area contributed by atoms with Gasteiger partial charge in [0.1, 0.15) is 0 Å². The number of allylic oxidation sites excluding steroid dienone is 2. The van der Waals surface area contributed by atoms with Crippen molar-refractivity contribution < 1.29 is 19.1 Å². The highest BCUT2D eigenvalue weighted by Crippen LogP contribution is 2.43. The van der Waals surface area contributed by atoms with Crippen molar-refractivity contribution in [3.63, 3.8) is 0 Å². The number of hydrogen-bond donors (Lipinski definition) is 2. The minimum Gasteiger partial charge on any atom is -0.449 e. The third-order valence-electron chi connectivity index (χ3n) is 6.60. The van der Waals surface area contributed by atoms with Crippen molar-refractivity contribution in [1.29, 1.82) is 0 Å². The molecule has 2 aliphatic rings. The van der Waals surface area contributed by atoms with Crippen molar-refractivity contribution >= 4 is 61.5 Å². The van der Waals surface area contributed by atoms with Crippen molar-refractivity contribution in [2.24, 2.45) is 0 Å². The number of amides is 3. The first-order valence-electron chi connectivity index (χ1n) is 11.8. The molecule has 0 spiro atoms. The number of nitrogens with one attached hydrogen (secondary N) is 2. The normalized spacial score (nSPS) is 14.8. The number of carbonyl (C=O) groups is 3. The molecule has 5 aromatic rings. The molecule has 174 valence electrons. The molecule has 2 aromatic heterocycles. The van der Waals surface area contributed by atoms with E-state index in [4.69, 9.17) is 4.74 Å². The van der Waals surface area contributed by atoms with E-state index < -0.39 is 17.9 Å². The quantitative estimate of drug-likeness (QED) is 0.220. The molecule has 7 nitrogen and oxygen atoms in total. The number of ether oxygens (including phenoxy) is 1. The molecule has 0 bridgehead atoms. The van der Waals surface area contributed by atoms with E-state index in [0.29, 0.717) is 15.7 Å². The molecule has 0 radical (unpaired) electrons. The Morgan fingerprint density at radius 2 is 1.31 bits per heavy atom. The van der Waals surface area contributed by atoms with Crippen LogP contribution in [0.1, 0.15) is 46.9 Å². The molecule has 2 N–H and O–H groups in total. The lowest BCUT2D eigenvalue weighted by Crippen LogP contribution is -2.36. The van der Waals surface area contributed by atoms with Crippen molar-refractivity contribution in [2.45, 2.75) is 26.2 Å². The van der Waals surface area contributed by atoms with Crippen LogP contribution >= 0.6 is 0 Å². The average Bonchev–Trinajstić information content (AvgIpc) is 3.65. The molecular weight excluding hydrogens is 442 g/mol. The van der Waals surface area contributed by atoms with Gasteiger partial charge >= 0.3 is 6.09 Å². The van der Waals surface area contributed by atoms with E-state index >= 15 is 0 Å². The van der Waals surface area contributed by atoms with Crippen LogP contribution in [0.25, 0.3) is 43.6 Å². The summed E-state index contributed by atoms with van der Waals surface area (Å²) in [5.41, 5.74) is 3.61. The number of carbonyl (C=O) groups excluding carboxylic acids is 3. The van der Waals surface area contributed by atoms with Crippen LogP contribution in [-0.4, -0.2) is 39.4 Å². The first-order chi connectivity index (χ1) is 17.1. The monoisotopic (exact) mass is 465 g/mol. The van der Waals surface area contributed by atoms with E-state index in [9.17, 15) is 14.4 Å². The number of hydrogen-bond acceptors (Lipinski definition) is 4. The Kier molecular flexibility index (Phi) is 4.91. The van der Waals surface area contributed by atoms with Gasteiger partial charge in [-0.15, -0.1) is 0 Å². The summed E-state index contributed by atoms with van der Waals surface area (Å²) in [4.78, 5) is 46.6. The third-order valence-corrected chi connectivity index (χ3v) is 6.60. The molecule has 0 saturated heterocycles. The Morgan fingerprint density at radius 3 is 1.74 bits per heavy atom. The molecule has 1 aliphatic carbocycles. The summed E-state index contributed by atoms with van der Waals surface area (Å²) < 4.78 is 4.99. The number of aromatic nitrogens is 2. The number of benzene rings is 3. The van der Waals surface area contributed by atoms with Gasteiger partial charge in [0.05, 0.1) is 28.8 Å². The summed E-state index contributed by atoms with van der Waals surface area (Å²) in [5.74, 6) is -1.31. The maximum atomic E-state index is 13.4. The van der Waals surface area contributed by atoms with Gasteiger partial charge in [0.15, 0.2) is 0 Å². The van der Waals surface area contributed by atoms with Crippen LogP contribution in [0.4, 0.5) is 4.79 Å². The predicted octanol–water partition coefficient (Wildman–Crippen LogP) is 6.43. The fourth-order valence-electron chi connectivity index (χ4n) is 5.11. The number of rotatable bonds is 1. The van der Waals surface area contributed by atoms with E-state index in [-0.39, 0.29) is 17.7 Å². The predicted molar refractivity (Wildman–Crippen MR) is 136 cm³/mol. The van der Waals surface area contributed by atoms with Crippen LogP contribution in [0.15, 0.2) is 60.7 Å². The second-order valence-corrected chi connectivity index (χ2v) is 8.64. The molecule has 0 saturated carbocycles. The molecule has 3 amide bonds. The molecule has 7 heteroatoms. The number of aromatic amines is 2. The van der Waals surface area contributed by atoms with Crippen LogP contribution in [0.5, 0.6) is 0 Å². The topological polar surface area (TPSA) is 95.3 Å². The molecule has 0 fully saturated rings. The number of H-pyrrole nitrogens is 2. The van der Waals surface area contributed by atoms with Crippen LogP contribution in [0.2, 0.25) is 0 Å². The van der Waals surface area contributed by atoms with Crippen molar-refractivity contribution in [1.82, 2.24) is 14.9 Å². The van der Waals surface area contributed by atoms with Crippen molar-refractivity contribution in [3.8, 4) is 0 Å². The smallest absolute Gasteiger partial charge is 0.424 e. The Bertz CT molecular complexity index is 1590. The zero-order chi connectivity index (χ0) is 24.1. The van der Waals surface area contributed by atoms with Crippen LogP contribution in [0, 0.1) is 0 Å². The average molecular weight is 466 g/mol. The lowest BCUT2D eigenvalue weighted by Gasteiger charge is -2.10. The van der Waals surface area contributed by atoms with E-state index in [1.165, 1.54) is 19.3 Å². The van der Waals surface area contributed by atoms with Gasteiger partial charge in [-0.3, -0.25) is 9.59 Å². The highest BCUT2D eigenvalue weighted by molar-refractivity contribution is 6.41. The molecule has 35 heavy (non-hydrogen) atoms. The molecule has 3 heterocycles. The Balaban J connectivity index is 0.000000410. The Morgan fingerprint density at radius 1 is 0.829 bits per heavy atom. The molecule has 7 rings (SSSR count). The van der Waals surface area contributed by atoms with Crippen molar-refractivity contribution in [2.75, 3.05) is 6.61 Å². The number of para-hydroxylation sites is 2. The van der Waals surface area contributed by atoms with E-state index in [1.807, 2.05) is 48.5 Å². The Hall–Kier alpha value is -4.39. The second-order valence-electron chi connectivity index (χ2n) is 8.64. The van der Waals surface area contributed by atoms with E-state index in [2.05, 4.69) is 22.1 Å². The van der Waals surface area contributed by atoms with Crippen LogP contribution in [0.3, 0.4) is 0 Å². The highest BCUT2D eigenvalue weighted by Gasteiger charge is 2.45. The standard InChI is InChI=1S/C23H15N3O4.C5H8/c1-2-30-23(29)26-21(27)17-15-11-7-3-5-9-13(11)24-19(15)20-16(18(17)22(26)28)12-8-4-6-10-14(12)25-20;1-2-4-5-3-1/h3-10,24-25H,2H2,1H3;1-2H,3-5H2. The van der Waals surface area contributed by atoms with E-state index in [1.54, 1.807) is 6.92 Å². The maximum Gasteiger partial charge on any atom is 0.424 e. The van der Waals surface area contributed by atoms with Gasteiger partial charge in [-0.05, 0) is 38.3 Å². The number of imide groups is 3. The minimum atomic E-state index is -0.954. The summed E-state index contributed by atoms with van der Waals surface area (Å²) in [5, 5.41) is 2.89. The summed E-state index contributed by atoms with van der Waals surface area (Å²) in [6.45, 7) is 1.70. The maximum absolute atomic E-state index is 13.4. The van der Waals surface area contributed by atoms with Gasteiger partial charge in [0.2, 0.25) is 0 Å². The van der Waals surface area contributed by atoms with Gasteiger partial charge in [0, 0.05) is 32.6 Å². The lowest BCUT2D eigenvalue weighted by molar-refractivity contribution is 0.0597. The molecule has 1 aliphatic heterocycles. The first-order valence-corrected chi connectivity index (χ1v) is 11.8. The van der Waals surface area contributed by atoms with Gasteiger partial charge in [-0.2, -0.15) is 4.90 Å². The highest BCUT2D eigenvalue weighted by atomic mass is 16.6. The second kappa shape index (κ2) is 8.13. The molecule has 3 aromatic carbocycles. The fraction of sp³-hybridized carbons (Fsp3) is 0.179. The molecular formula is C28H23N3O4. The van der Waals surface area contributed by atoms with Gasteiger partial charge < -0.3 is 14.7 Å². The van der Waals surface area contributed by atoms with Crippen LogP contribution < -0.4 is 0 Å². The third kappa shape index (κ3) is 3.08. The first kappa shape index (κ1) is 21.2. The molecule has 0 unspecified atom stereocenters. The zero-order valence-electron chi connectivity index (χ0n) is 19.2. The fourth-order valence-corrected chi connectivity index (χ4v) is 5.11. The Labute approximate surface area is 200 Å². The summed E-state index contributed by atoms with van der Waals surface area (Å²) in [7, 11) is 0. The van der Waals surface area contributed by atoms with Gasteiger partial charge in [0.25, 0.3) is 11.8 Å². The lowest BCUT2D eigenvalue weighted by atomic mass is 9.97. The van der Waals surface area contributed by atoms with Crippen molar-refractivity contribution in [3.05, 3.63) is 71.8 Å². The summed E-state index contributed by atoms with van der Waals surface area (Å²) in [6, 6.07) is 15.2.